The quantitative estimate of drug-likeness (QED) is 0.904. The lowest BCUT2D eigenvalue weighted by atomic mass is 9.94. The van der Waals surface area contributed by atoms with E-state index in [0.717, 1.165) is 24.6 Å². The zero-order valence-electron chi connectivity index (χ0n) is 13.2. The molecule has 1 aromatic carbocycles. The Labute approximate surface area is 127 Å². The Hall–Kier alpha value is -1.48. The normalized spacial score (nSPS) is 17.4. The molecule has 0 unspecified atom stereocenters. The van der Waals surface area contributed by atoms with Gasteiger partial charge in [0.25, 0.3) is 0 Å². The lowest BCUT2D eigenvalue weighted by Crippen LogP contribution is -2.34. The molecule has 0 saturated carbocycles. The number of H-pyrrole nitrogens is 1. The van der Waals surface area contributed by atoms with E-state index in [-0.39, 0.29) is 0 Å². The summed E-state index contributed by atoms with van der Waals surface area (Å²) >= 11 is 0. The number of aromatic nitrogens is 1. The summed E-state index contributed by atoms with van der Waals surface area (Å²) in [7, 11) is 1.75. The van der Waals surface area contributed by atoms with E-state index in [2.05, 4.69) is 29.1 Å². The van der Waals surface area contributed by atoms with E-state index in [1.807, 2.05) is 12.1 Å². The molecule has 21 heavy (non-hydrogen) atoms. The fourth-order valence-electron chi connectivity index (χ4n) is 3.48. The number of likely N-dealkylation sites (tertiary alicyclic amines) is 1. The first kappa shape index (κ1) is 14.5. The molecule has 0 bridgehead atoms. The van der Waals surface area contributed by atoms with E-state index in [0.29, 0.717) is 0 Å². The van der Waals surface area contributed by atoms with Crippen LogP contribution in [-0.2, 0) is 6.42 Å². The van der Waals surface area contributed by atoms with Crippen LogP contribution in [0.1, 0.15) is 31.7 Å². The van der Waals surface area contributed by atoms with Gasteiger partial charge in [-0.1, -0.05) is 19.4 Å². The number of hydrogen-bond donors (Lipinski definition) is 1. The van der Waals surface area contributed by atoms with Crippen LogP contribution in [0.3, 0.4) is 0 Å². The van der Waals surface area contributed by atoms with E-state index >= 15 is 0 Å². The summed E-state index contributed by atoms with van der Waals surface area (Å²) in [5, 5.41) is 1.25. The predicted octanol–water partition coefficient (Wildman–Crippen LogP) is 3.84. The second kappa shape index (κ2) is 6.52. The summed E-state index contributed by atoms with van der Waals surface area (Å²) in [5.74, 6) is 1.93. The molecule has 3 rings (SSSR count). The summed E-state index contributed by atoms with van der Waals surface area (Å²) in [6.07, 6.45) is 7.32. The molecule has 114 valence electrons. The monoisotopic (exact) mass is 286 g/mol. The zero-order chi connectivity index (χ0) is 14.7. The molecule has 1 aromatic heterocycles. The van der Waals surface area contributed by atoms with Gasteiger partial charge in [0.15, 0.2) is 0 Å². The highest BCUT2D eigenvalue weighted by Crippen LogP contribution is 2.29. The maximum Gasteiger partial charge on any atom is 0.128 e. The van der Waals surface area contributed by atoms with E-state index in [1.54, 1.807) is 7.11 Å². The number of piperidine rings is 1. The third-order valence-corrected chi connectivity index (χ3v) is 4.95. The molecule has 3 nitrogen and oxygen atoms in total. The highest BCUT2D eigenvalue weighted by Gasteiger charge is 2.18. The fraction of sp³-hybridized carbons (Fsp3) is 0.556. The molecule has 0 atom stereocenters. The Morgan fingerprint density at radius 2 is 2.10 bits per heavy atom. The highest BCUT2D eigenvalue weighted by molar-refractivity contribution is 5.89. The first-order valence-corrected chi connectivity index (χ1v) is 8.17. The number of ether oxygens (including phenoxy) is 1. The topological polar surface area (TPSA) is 28.3 Å². The molecule has 0 radical (unpaired) electrons. The molecule has 0 aliphatic carbocycles. The first-order chi connectivity index (χ1) is 10.3. The van der Waals surface area contributed by atoms with Crippen LogP contribution in [0.25, 0.3) is 10.9 Å². The second-order valence-electron chi connectivity index (χ2n) is 6.14. The van der Waals surface area contributed by atoms with Gasteiger partial charge in [-0.05, 0) is 56.0 Å². The van der Waals surface area contributed by atoms with Gasteiger partial charge in [-0.2, -0.15) is 0 Å². The smallest absolute Gasteiger partial charge is 0.128 e. The van der Waals surface area contributed by atoms with Crippen LogP contribution < -0.4 is 4.74 Å². The molecular formula is C18H26N2O. The maximum absolute atomic E-state index is 5.51. The molecule has 2 aromatic rings. The Morgan fingerprint density at radius 1 is 1.29 bits per heavy atom. The molecule has 2 heterocycles. The number of nitrogens with one attached hydrogen (secondary N) is 1. The van der Waals surface area contributed by atoms with Gasteiger partial charge in [-0.25, -0.2) is 0 Å². The Kier molecular flexibility index (Phi) is 4.49. The summed E-state index contributed by atoms with van der Waals surface area (Å²) in [6.45, 7) is 6.00. The van der Waals surface area contributed by atoms with Crippen molar-refractivity contribution in [2.45, 2.75) is 32.6 Å². The number of hydrogen-bond acceptors (Lipinski definition) is 2. The largest absolute Gasteiger partial charge is 0.496 e. The Balaban J connectivity index is 1.66. The van der Waals surface area contributed by atoms with Gasteiger partial charge >= 0.3 is 0 Å². The number of rotatable bonds is 5. The van der Waals surface area contributed by atoms with Crippen molar-refractivity contribution in [3.8, 4) is 5.75 Å². The van der Waals surface area contributed by atoms with Crippen LogP contribution in [0.15, 0.2) is 24.4 Å². The number of fused-ring (bicyclic) bond motifs is 1. The number of benzene rings is 1. The lowest BCUT2D eigenvalue weighted by molar-refractivity contribution is 0.184. The molecule has 1 N–H and O–H groups in total. The second-order valence-corrected chi connectivity index (χ2v) is 6.14. The summed E-state index contributed by atoms with van der Waals surface area (Å²) in [6, 6.07) is 6.21. The minimum atomic E-state index is 0.953. The summed E-state index contributed by atoms with van der Waals surface area (Å²) in [4.78, 5) is 5.98. The van der Waals surface area contributed by atoms with Crippen molar-refractivity contribution in [1.29, 1.82) is 0 Å². The van der Waals surface area contributed by atoms with E-state index in [9.17, 15) is 0 Å². The molecule has 1 fully saturated rings. The third kappa shape index (κ3) is 3.08. The van der Waals surface area contributed by atoms with Crippen LogP contribution in [0.4, 0.5) is 0 Å². The zero-order valence-corrected chi connectivity index (χ0v) is 13.2. The van der Waals surface area contributed by atoms with Crippen LogP contribution >= 0.6 is 0 Å². The third-order valence-electron chi connectivity index (χ3n) is 4.95. The van der Waals surface area contributed by atoms with Crippen molar-refractivity contribution < 1.29 is 4.74 Å². The average molecular weight is 286 g/mol. The number of nitrogens with zero attached hydrogens (tertiary/aromatic N) is 1. The van der Waals surface area contributed by atoms with E-state index in [1.165, 1.54) is 48.8 Å². The van der Waals surface area contributed by atoms with Gasteiger partial charge in [0.05, 0.1) is 7.11 Å². The average Bonchev–Trinajstić information content (AvgIpc) is 2.96. The van der Waals surface area contributed by atoms with Crippen LogP contribution in [-0.4, -0.2) is 36.6 Å². The molecule has 3 heteroatoms. The summed E-state index contributed by atoms with van der Waals surface area (Å²) in [5.41, 5.74) is 2.55. The van der Waals surface area contributed by atoms with E-state index in [4.69, 9.17) is 4.74 Å². The minimum absolute atomic E-state index is 0.953. The maximum atomic E-state index is 5.51. The molecule has 1 aliphatic heterocycles. The summed E-state index contributed by atoms with van der Waals surface area (Å²) < 4.78 is 5.51. The standard InChI is InChI=1S/C18H26N2O/c1-3-14-7-10-20(11-8-14)12-9-15-13-19-16-5-4-6-17(21-2)18(15)16/h4-6,13-14,19H,3,7-12H2,1-2H3. The van der Waals surface area contributed by atoms with Crippen molar-refractivity contribution in [1.82, 2.24) is 9.88 Å². The first-order valence-electron chi connectivity index (χ1n) is 8.17. The fourth-order valence-corrected chi connectivity index (χ4v) is 3.48. The van der Waals surface area contributed by atoms with E-state index < -0.39 is 0 Å². The van der Waals surface area contributed by atoms with Crippen LogP contribution in [0, 0.1) is 5.92 Å². The van der Waals surface area contributed by atoms with Gasteiger partial charge in [-0.15, -0.1) is 0 Å². The molecule has 1 saturated heterocycles. The molecule has 1 aliphatic rings. The van der Waals surface area contributed by atoms with Gasteiger partial charge in [0, 0.05) is 23.6 Å². The SMILES string of the molecule is CCC1CCN(CCc2c[nH]c3cccc(OC)c23)CC1. The number of methoxy groups -OCH3 is 1. The number of aromatic amines is 1. The Bertz CT molecular complexity index is 582. The van der Waals surface area contributed by atoms with Gasteiger partial charge in [-0.3, -0.25) is 0 Å². The molecule has 0 spiro atoms. The van der Waals surface area contributed by atoms with Crippen molar-refractivity contribution in [2.24, 2.45) is 5.92 Å². The predicted molar refractivity (Wildman–Crippen MR) is 88.0 cm³/mol. The van der Waals surface area contributed by atoms with Crippen LogP contribution in [0.2, 0.25) is 0 Å². The Morgan fingerprint density at radius 3 is 2.81 bits per heavy atom. The van der Waals surface area contributed by atoms with Gasteiger partial charge in [0.1, 0.15) is 5.75 Å². The van der Waals surface area contributed by atoms with Gasteiger partial charge < -0.3 is 14.6 Å². The van der Waals surface area contributed by atoms with Crippen molar-refractivity contribution in [3.63, 3.8) is 0 Å². The van der Waals surface area contributed by atoms with Crippen molar-refractivity contribution in [3.05, 3.63) is 30.0 Å². The van der Waals surface area contributed by atoms with Crippen molar-refractivity contribution in [2.75, 3.05) is 26.7 Å². The molecular weight excluding hydrogens is 260 g/mol. The highest BCUT2D eigenvalue weighted by atomic mass is 16.5. The van der Waals surface area contributed by atoms with Crippen molar-refractivity contribution >= 4 is 10.9 Å². The molecule has 0 amide bonds. The minimum Gasteiger partial charge on any atom is -0.496 e. The lowest BCUT2D eigenvalue weighted by Gasteiger charge is -2.31. The van der Waals surface area contributed by atoms with Gasteiger partial charge in [0.2, 0.25) is 0 Å². The van der Waals surface area contributed by atoms with Crippen LogP contribution in [0.5, 0.6) is 5.75 Å².